The van der Waals surface area contributed by atoms with E-state index in [9.17, 15) is 14.5 Å². The molecule has 0 aromatic heterocycles. The van der Waals surface area contributed by atoms with Gasteiger partial charge < -0.3 is 20.2 Å². The molecular formula is C21H36NO6P. The summed E-state index contributed by atoms with van der Waals surface area (Å²) < 4.78 is 14.6. The lowest BCUT2D eigenvalue weighted by Crippen LogP contribution is -2.33. The Balaban J connectivity index is 3.74. The molecule has 0 aliphatic heterocycles. The molecule has 4 N–H and O–H groups in total. The number of allylic oxidation sites excluding steroid dienone is 7. The van der Waals surface area contributed by atoms with E-state index in [2.05, 4.69) is 22.8 Å². The van der Waals surface area contributed by atoms with Crippen LogP contribution in [0.2, 0.25) is 0 Å². The summed E-state index contributed by atoms with van der Waals surface area (Å²) in [6, 6.07) is 0. The molecular weight excluding hydrogens is 393 g/mol. The largest absolute Gasteiger partial charge is 0.469 e. The van der Waals surface area contributed by atoms with Crippen molar-refractivity contribution in [2.45, 2.75) is 64.4 Å². The first-order valence-electron chi connectivity index (χ1n) is 10.2. The molecule has 1 unspecified atom stereocenters. The van der Waals surface area contributed by atoms with Gasteiger partial charge in [0.1, 0.15) is 0 Å². The molecule has 29 heavy (non-hydrogen) atoms. The summed E-state index contributed by atoms with van der Waals surface area (Å²) in [4.78, 5) is 28.5. The van der Waals surface area contributed by atoms with Gasteiger partial charge in [0.2, 0.25) is 5.91 Å². The second-order valence-electron chi connectivity index (χ2n) is 6.65. The standard InChI is InChI=1S/C21H36NO6P/c1-2-3-4-5-6-7-8-9-10-11-12-13-14-15-16-17-21(24)22-18-20(23)19-28-29(25,26)27/h10-17,20,23H,2-9,18-19H2,1H3,(H,22,24)(H2,25,26,27). The van der Waals surface area contributed by atoms with Gasteiger partial charge in [-0.1, -0.05) is 88.0 Å². The van der Waals surface area contributed by atoms with Gasteiger partial charge in [0.25, 0.3) is 0 Å². The molecule has 1 amide bonds. The minimum absolute atomic E-state index is 0.170. The quantitative estimate of drug-likeness (QED) is 0.120. The number of aliphatic hydroxyl groups excluding tert-OH is 1. The first kappa shape index (κ1) is 27.5. The number of rotatable bonds is 17. The summed E-state index contributed by atoms with van der Waals surface area (Å²) in [6.45, 7) is 1.50. The predicted molar refractivity (Wildman–Crippen MR) is 116 cm³/mol. The molecule has 0 aromatic rings. The molecule has 0 aliphatic rings. The van der Waals surface area contributed by atoms with Gasteiger partial charge in [0.05, 0.1) is 12.7 Å². The van der Waals surface area contributed by atoms with Gasteiger partial charge in [0, 0.05) is 12.6 Å². The summed E-state index contributed by atoms with van der Waals surface area (Å²) in [5, 5.41) is 11.8. The average Bonchev–Trinajstić information content (AvgIpc) is 2.67. The van der Waals surface area contributed by atoms with Gasteiger partial charge in [-0.3, -0.25) is 9.32 Å². The molecule has 0 spiro atoms. The lowest BCUT2D eigenvalue weighted by molar-refractivity contribution is -0.117. The maximum absolute atomic E-state index is 11.5. The zero-order valence-electron chi connectivity index (χ0n) is 17.3. The Labute approximate surface area is 174 Å². The van der Waals surface area contributed by atoms with Crippen LogP contribution in [0.25, 0.3) is 0 Å². The molecule has 0 fully saturated rings. The number of nitrogens with one attached hydrogen (secondary N) is 1. The van der Waals surface area contributed by atoms with Crippen molar-refractivity contribution in [2.75, 3.05) is 13.2 Å². The Hall–Kier alpha value is -1.50. The second-order valence-corrected chi connectivity index (χ2v) is 7.89. The van der Waals surface area contributed by atoms with Crippen LogP contribution in [0.1, 0.15) is 58.3 Å². The number of phosphoric acid groups is 1. The second kappa shape index (κ2) is 18.5. The van der Waals surface area contributed by atoms with Gasteiger partial charge in [-0.25, -0.2) is 4.57 Å². The highest BCUT2D eigenvalue weighted by Crippen LogP contribution is 2.35. The highest BCUT2D eigenvalue weighted by molar-refractivity contribution is 7.46. The van der Waals surface area contributed by atoms with Crippen LogP contribution < -0.4 is 5.32 Å². The number of unbranched alkanes of at least 4 members (excludes halogenated alkanes) is 7. The Morgan fingerprint density at radius 3 is 2.21 bits per heavy atom. The van der Waals surface area contributed by atoms with E-state index in [4.69, 9.17) is 9.79 Å². The summed E-state index contributed by atoms with van der Waals surface area (Å²) in [5.74, 6) is -0.427. The van der Waals surface area contributed by atoms with E-state index in [-0.39, 0.29) is 6.54 Å². The number of carbonyl (C=O) groups is 1. The predicted octanol–water partition coefficient (Wildman–Crippen LogP) is 3.94. The van der Waals surface area contributed by atoms with Crippen molar-refractivity contribution in [3.63, 3.8) is 0 Å². The monoisotopic (exact) mass is 429 g/mol. The fourth-order valence-electron chi connectivity index (χ4n) is 2.31. The Bertz CT molecular complexity index is 580. The fraction of sp³-hybridized carbons (Fsp3) is 0.571. The zero-order chi connectivity index (χ0) is 21.8. The van der Waals surface area contributed by atoms with Crippen LogP contribution in [0.5, 0.6) is 0 Å². The molecule has 1 atom stereocenters. The van der Waals surface area contributed by atoms with E-state index in [1.54, 1.807) is 18.2 Å². The van der Waals surface area contributed by atoms with E-state index in [0.717, 1.165) is 6.42 Å². The maximum atomic E-state index is 11.5. The third-order valence-corrected chi connectivity index (χ3v) is 4.35. The maximum Gasteiger partial charge on any atom is 0.469 e. The summed E-state index contributed by atoms with van der Waals surface area (Å²) in [7, 11) is -4.62. The van der Waals surface area contributed by atoms with Crippen molar-refractivity contribution in [1.29, 1.82) is 0 Å². The third-order valence-electron chi connectivity index (χ3n) is 3.86. The minimum Gasteiger partial charge on any atom is -0.389 e. The lowest BCUT2D eigenvalue weighted by Gasteiger charge is -2.11. The van der Waals surface area contributed by atoms with Crippen LogP contribution in [0.4, 0.5) is 0 Å². The Kier molecular flexibility index (Phi) is 17.6. The van der Waals surface area contributed by atoms with Crippen LogP contribution >= 0.6 is 7.82 Å². The minimum atomic E-state index is -4.62. The number of hydrogen-bond donors (Lipinski definition) is 4. The first-order chi connectivity index (χ1) is 13.8. The van der Waals surface area contributed by atoms with Crippen molar-refractivity contribution < 1.29 is 28.8 Å². The normalized spacial score (nSPS) is 13.9. The van der Waals surface area contributed by atoms with Crippen molar-refractivity contribution >= 4 is 13.7 Å². The van der Waals surface area contributed by atoms with E-state index in [0.29, 0.717) is 0 Å². The molecule has 166 valence electrons. The molecule has 0 saturated heterocycles. The van der Waals surface area contributed by atoms with Crippen LogP contribution in [0.15, 0.2) is 48.6 Å². The molecule has 0 rings (SSSR count). The first-order valence-corrected chi connectivity index (χ1v) is 11.7. The molecule has 7 nitrogen and oxygen atoms in total. The van der Waals surface area contributed by atoms with Crippen molar-refractivity contribution in [3.05, 3.63) is 48.6 Å². The summed E-state index contributed by atoms with van der Waals surface area (Å²) >= 11 is 0. The highest BCUT2D eigenvalue weighted by Gasteiger charge is 2.16. The Morgan fingerprint density at radius 1 is 0.966 bits per heavy atom. The van der Waals surface area contributed by atoms with E-state index in [1.807, 2.05) is 18.2 Å². The third kappa shape index (κ3) is 22.7. The van der Waals surface area contributed by atoms with E-state index < -0.39 is 26.4 Å². The fourth-order valence-corrected chi connectivity index (χ4v) is 2.68. The molecule has 0 heterocycles. The van der Waals surface area contributed by atoms with Crippen molar-refractivity contribution in [2.24, 2.45) is 0 Å². The summed E-state index contributed by atoms with van der Waals surface area (Å²) in [5.41, 5.74) is 0. The van der Waals surface area contributed by atoms with Gasteiger partial charge >= 0.3 is 7.82 Å². The van der Waals surface area contributed by atoms with E-state index >= 15 is 0 Å². The lowest BCUT2D eigenvalue weighted by atomic mass is 10.1. The van der Waals surface area contributed by atoms with E-state index in [1.165, 1.54) is 51.0 Å². The van der Waals surface area contributed by atoms with Crippen LogP contribution in [-0.4, -0.2) is 40.1 Å². The molecule has 0 bridgehead atoms. The molecule has 0 radical (unpaired) electrons. The average molecular weight is 429 g/mol. The molecule has 8 heteroatoms. The highest BCUT2D eigenvalue weighted by atomic mass is 31.2. The van der Waals surface area contributed by atoms with Gasteiger partial charge in [-0.15, -0.1) is 0 Å². The topological polar surface area (TPSA) is 116 Å². The van der Waals surface area contributed by atoms with Gasteiger partial charge in [0.15, 0.2) is 0 Å². The summed E-state index contributed by atoms with van der Waals surface area (Å²) in [6.07, 6.45) is 23.4. The smallest absolute Gasteiger partial charge is 0.389 e. The number of carbonyl (C=O) groups excluding carboxylic acids is 1. The van der Waals surface area contributed by atoms with Crippen molar-refractivity contribution in [3.8, 4) is 0 Å². The number of hydrogen-bond acceptors (Lipinski definition) is 4. The molecule has 0 saturated carbocycles. The van der Waals surface area contributed by atoms with Crippen LogP contribution in [-0.2, 0) is 13.9 Å². The number of aliphatic hydroxyl groups is 1. The molecule has 0 aromatic carbocycles. The SMILES string of the molecule is CCCCCCCCCC=CC=CC=CC=CC(=O)NCC(O)COP(=O)(O)O. The van der Waals surface area contributed by atoms with Crippen LogP contribution in [0.3, 0.4) is 0 Å². The molecule has 0 aliphatic carbocycles. The van der Waals surface area contributed by atoms with Crippen molar-refractivity contribution in [1.82, 2.24) is 5.32 Å². The zero-order valence-corrected chi connectivity index (χ0v) is 18.2. The number of amides is 1. The van der Waals surface area contributed by atoms with Gasteiger partial charge in [-0.2, -0.15) is 0 Å². The van der Waals surface area contributed by atoms with Gasteiger partial charge in [-0.05, 0) is 12.8 Å². The number of phosphoric ester groups is 1. The Morgan fingerprint density at radius 2 is 1.55 bits per heavy atom. The van der Waals surface area contributed by atoms with Crippen LogP contribution in [0, 0.1) is 0 Å².